The summed E-state index contributed by atoms with van der Waals surface area (Å²) >= 11 is 0. The smallest absolute Gasteiger partial charge is 0.282 e. The second-order valence-corrected chi connectivity index (χ2v) is 6.76. The Kier molecular flexibility index (Phi) is 6.71. The Bertz CT molecular complexity index is 717. The van der Waals surface area contributed by atoms with Gasteiger partial charge in [0.2, 0.25) is 0 Å². The van der Waals surface area contributed by atoms with Crippen molar-refractivity contribution in [3.63, 3.8) is 0 Å². The zero-order valence-electron chi connectivity index (χ0n) is 15.5. The van der Waals surface area contributed by atoms with Crippen LogP contribution in [0.5, 0.6) is 0 Å². The molecule has 2 aromatic carbocycles. The molecule has 3 atom stereocenters. The SMILES string of the molecule is CC[C@@H](C)c1ccccc1NC(=O)[C@H](C)[NH+](C)Cc1cccc(F)c1. The fourth-order valence-electron chi connectivity index (χ4n) is 2.85. The van der Waals surface area contributed by atoms with Crippen LogP contribution in [0.1, 0.15) is 44.2 Å². The van der Waals surface area contributed by atoms with E-state index in [9.17, 15) is 9.18 Å². The second-order valence-electron chi connectivity index (χ2n) is 6.76. The molecule has 3 nitrogen and oxygen atoms in total. The second kappa shape index (κ2) is 8.77. The molecule has 0 heterocycles. The van der Waals surface area contributed by atoms with Crippen LogP contribution in [0.4, 0.5) is 10.1 Å². The Labute approximate surface area is 149 Å². The van der Waals surface area contributed by atoms with Crippen molar-refractivity contribution in [2.24, 2.45) is 0 Å². The number of hydrogen-bond acceptors (Lipinski definition) is 1. The Morgan fingerprint density at radius 2 is 1.88 bits per heavy atom. The third kappa shape index (κ3) is 5.13. The molecule has 0 aliphatic carbocycles. The van der Waals surface area contributed by atoms with Gasteiger partial charge in [-0.05, 0) is 43.0 Å². The normalized spacial score (nSPS) is 14.6. The van der Waals surface area contributed by atoms with Crippen LogP contribution in [0.25, 0.3) is 0 Å². The summed E-state index contributed by atoms with van der Waals surface area (Å²) in [6, 6.07) is 14.3. The first kappa shape index (κ1) is 19.1. The molecule has 25 heavy (non-hydrogen) atoms. The molecule has 0 fully saturated rings. The van der Waals surface area contributed by atoms with Crippen molar-refractivity contribution >= 4 is 11.6 Å². The molecule has 1 unspecified atom stereocenters. The molecule has 4 heteroatoms. The van der Waals surface area contributed by atoms with Gasteiger partial charge in [0, 0.05) is 11.3 Å². The molecule has 0 saturated carbocycles. The van der Waals surface area contributed by atoms with Gasteiger partial charge in [-0.1, -0.05) is 44.2 Å². The van der Waals surface area contributed by atoms with E-state index in [1.807, 2.05) is 38.2 Å². The van der Waals surface area contributed by atoms with Crippen LogP contribution in [0.15, 0.2) is 48.5 Å². The lowest BCUT2D eigenvalue weighted by Gasteiger charge is -2.22. The van der Waals surface area contributed by atoms with E-state index in [2.05, 4.69) is 25.2 Å². The first-order valence-corrected chi connectivity index (χ1v) is 8.89. The summed E-state index contributed by atoms with van der Waals surface area (Å²) in [5.41, 5.74) is 2.93. The standard InChI is InChI=1S/C21H27FN2O/c1-5-15(2)19-11-6-7-12-20(19)23-21(25)16(3)24(4)14-17-9-8-10-18(22)13-17/h6-13,15-16H,5,14H2,1-4H3,(H,23,25)/p+1/t15-,16+/m1/s1. The van der Waals surface area contributed by atoms with Crippen LogP contribution >= 0.6 is 0 Å². The lowest BCUT2D eigenvalue weighted by atomic mass is 9.97. The molecule has 0 aromatic heterocycles. The van der Waals surface area contributed by atoms with Crippen LogP contribution < -0.4 is 10.2 Å². The van der Waals surface area contributed by atoms with Gasteiger partial charge in [-0.2, -0.15) is 0 Å². The first-order valence-electron chi connectivity index (χ1n) is 8.89. The average molecular weight is 343 g/mol. The van der Waals surface area contributed by atoms with Crippen molar-refractivity contribution in [1.82, 2.24) is 0 Å². The number of anilines is 1. The predicted molar refractivity (Wildman–Crippen MR) is 100 cm³/mol. The maximum absolute atomic E-state index is 13.3. The highest BCUT2D eigenvalue weighted by atomic mass is 19.1. The highest BCUT2D eigenvalue weighted by molar-refractivity contribution is 5.94. The number of quaternary nitrogens is 1. The number of para-hydroxylation sites is 1. The number of likely N-dealkylation sites (N-methyl/N-ethyl adjacent to an activating group) is 1. The van der Waals surface area contributed by atoms with Gasteiger partial charge in [0.15, 0.2) is 6.04 Å². The van der Waals surface area contributed by atoms with Gasteiger partial charge in [0.05, 0.1) is 7.05 Å². The summed E-state index contributed by atoms with van der Waals surface area (Å²) in [4.78, 5) is 13.7. The van der Waals surface area contributed by atoms with Gasteiger partial charge < -0.3 is 10.2 Å². The van der Waals surface area contributed by atoms with E-state index < -0.39 is 0 Å². The van der Waals surface area contributed by atoms with Gasteiger partial charge in [-0.15, -0.1) is 0 Å². The Hall–Kier alpha value is -2.20. The number of rotatable bonds is 7. The Morgan fingerprint density at radius 1 is 1.16 bits per heavy atom. The monoisotopic (exact) mass is 343 g/mol. The first-order chi connectivity index (χ1) is 11.9. The minimum atomic E-state index is -0.245. The zero-order valence-corrected chi connectivity index (χ0v) is 15.5. The molecule has 2 aromatic rings. The molecule has 0 saturated heterocycles. The van der Waals surface area contributed by atoms with Crippen molar-refractivity contribution in [1.29, 1.82) is 0 Å². The molecule has 1 amide bonds. The highest BCUT2D eigenvalue weighted by Gasteiger charge is 2.23. The van der Waals surface area contributed by atoms with E-state index in [0.717, 1.165) is 28.1 Å². The van der Waals surface area contributed by atoms with Crippen LogP contribution in [0.2, 0.25) is 0 Å². The lowest BCUT2D eigenvalue weighted by Crippen LogP contribution is -3.12. The Morgan fingerprint density at radius 3 is 2.56 bits per heavy atom. The van der Waals surface area contributed by atoms with Crippen LogP contribution in [-0.4, -0.2) is 19.0 Å². The van der Waals surface area contributed by atoms with Gasteiger partial charge in [-0.3, -0.25) is 4.79 Å². The van der Waals surface area contributed by atoms with E-state index >= 15 is 0 Å². The van der Waals surface area contributed by atoms with Crippen molar-refractivity contribution < 1.29 is 14.1 Å². The molecule has 0 aliphatic rings. The quantitative estimate of drug-likeness (QED) is 0.794. The lowest BCUT2D eigenvalue weighted by molar-refractivity contribution is -0.907. The average Bonchev–Trinajstić information content (AvgIpc) is 2.60. The fourth-order valence-corrected chi connectivity index (χ4v) is 2.85. The molecule has 0 spiro atoms. The number of nitrogens with one attached hydrogen (secondary N) is 2. The molecule has 0 radical (unpaired) electrons. The third-order valence-electron chi connectivity index (χ3n) is 4.87. The molecule has 2 N–H and O–H groups in total. The molecule has 0 bridgehead atoms. The van der Waals surface area contributed by atoms with Gasteiger partial charge in [0.25, 0.3) is 5.91 Å². The summed E-state index contributed by atoms with van der Waals surface area (Å²) in [5.74, 6) is 0.124. The van der Waals surface area contributed by atoms with E-state index in [0.29, 0.717) is 12.5 Å². The fraction of sp³-hybridized carbons (Fsp3) is 0.381. The molecular weight excluding hydrogens is 315 g/mol. The summed E-state index contributed by atoms with van der Waals surface area (Å²) in [5, 5.41) is 3.07. The summed E-state index contributed by atoms with van der Waals surface area (Å²) < 4.78 is 13.3. The number of amides is 1. The van der Waals surface area contributed by atoms with E-state index in [4.69, 9.17) is 0 Å². The summed E-state index contributed by atoms with van der Waals surface area (Å²) in [7, 11) is 1.95. The van der Waals surface area contributed by atoms with Crippen LogP contribution in [-0.2, 0) is 11.3 Å². The minimum absolute atomic E-state index is 0.0235. The largest absolute Gasteiger partial charge is 0.324 e. The molecule has 134 valence electrons. The topological polar surface area (TPSA) is 33.5 Å². The minimum Gasteiger partial charge on any atom is -0.324 e. The van der Waals surface area contributed by atoms with Gasteiger partial charge in [-0.25, -0.2) is 4.39 Å². The van der Waals surface area contributed by atoms with Crippen molar-refractivity contribution in [3.8, 4) is 0 Å². The molecule has 0 aliphatic heterocycles. The van der Waals surface area contributed by atoms with Gasteiger partial charge in [0.1, 0.15) is 12.4 Å². The van der Waals surface area contributed by atoms with E-state index in [1.54, 1.807) is 6.07 Å². The maximum atomic E-state index is 13.3. The Balaban J connectivity index is 2.05. The van der Waals surface area contributed by atoms with Crippen LogP contribution in [0, 0.1) is 5.82 Å². The maximum Gasteiger partial charge on any atom is 0.282 e. The number of carbonyl (C=O) groups is 1. The molecule has 2 rings (SSSR count). The van der Waals surface area contributed by atoms with E-state index in [1.165, 1.54) is 12.1 Å². The van der Waals surface area contributed by atoms with Crippen molar-refractivity contribution in [2.45, 2.75) is 45.7 Å². The summed E-state index contributed by atoms with van der Waals surface area (Å²) in [6.45, 7) is 6.80. The highest BCUT2D eigenvalue weighted by Crippen LogP contribution is 2.26. The third-order valence-corrected chi connectivity index (χ3v) is 4.87. The number of benzene rings is 2. The van der Waals surface area contributed by atoms with Crippen molar-refractivity contribution in [3.05, 3.63) is 65.5 Å². The van der Waals surface area contributed by atoms with Crippen LogP contribution in [0.3, 0.4) is 0 Å². The number of hydrogen-bond donors (Lipinski definition) is 2. The molecular formula is C21H28FN2O+. The van der Waals surface area contributed by atoms with Gasteiger partial charge >= 0.3 is 0 Å². The predicted octanol–water partition coefficient (Wildman–Crippen LogP) is 3.38. The zero-order chi connectivity index (χ0) is 18.4. The van der Waals surface area contributed by atoms with E-state index in [-0.39, 0.29) is 17.8 Å². The number of halogens is 1. The number of carbonyl (C=O) groups excluding carboxylic acids is 1. The summed E-state index contributed by atoms with van der Waals surface area (Å²) in [6.07, 6.45) is 1.02. The van der Waals surface area contributed by atoms with Crippen molar-refractivity contribution in [2.75, 3.05) is 12.4 Å².